The second-order valence-corrected chi connectivity index (χ2v) is 3.96. The summed E-state index contributed by atoms with van der Waals surface area (Å²) in [5.41, 5.74) is 0.813. The monoisotopic (exact) mass is 271 g/mol. The molecule has 0 saturated carbocycles. The molecule has 5 heteroatoms. The van der Waals surface area contributed by atoms with Gasteiger partial charge in [-0.05, 0) is 28.1 Å². The van der Waals surface area contributed by atoms with Crippen molar-refractivity contribution in [3.05, 3.63) is 28.2 Å². The van der Waals surface area contributed by atoms with Crippen LogP contribution in [-0.4, -0.2) is 24.9 Å². The minimum Gasteiger partial charge on any atom is -0.302 e. The highest BCUT2D eigenvalue weighted by atomic mass is 79.9. The van der Waals surface area contributed by atoms with E-state index < -0.39 is 18.4 Å². The molecule has 15 heavy (non-hydrogen) atoms. The number of hydrogen-bond donors (Lipinski definition) is 0. The van der Waals surface area contributed by atoms with Crippen LogP contribution in [0.25, 0.3) is 0 Å². The van der Waals surface area contributed by atoms with Crippen molar-refractivity contribution in [2.75, 3.05) is 18.1 Å². The van der Waals surface area contributed by atoms with Gasteiger partial charge in [0.25, 0.3) is 11.7 Å². The van der Waals surface area contributed by atoms with E-state index in [0.29, 0.717) is 15.7 Å². The molecule has 0 fully saturated rings. The molecular formula is C10H7BrFNO2. The Morgan fingerprint density at radius 1 is 1.33 bits per heavy atom. The number of Topliss-reactive ketones (excluding diaryl/α,β-unsaturated/α-hetero) is 1. The lowest BCUT2D eigenvalue weighted by Gasteiger charge is -2.13. The molecule has 1 heterocycles. The highest BCUT2D eigenvalue weighted by molar-refractivity contribution is 9.10. The Kier molecular flexibility index (Phi) is 2.56. The van der Waals surface area contributed by atoms with Crippen LogP contribution >= 0.6 is 15.9 Å². The van der Waals surface area contributed by atoms with Crippen molar-refractivity contribution in [2.45, 2.75) is 0 Å². The van der Waals surface area contributed by atoms with Gasteiger partial charge >= 0.3 is 0 Å². The number of nitrogens with zero attached hydrogens (tertiary/aromatic N) is 1. The SMILES string of the molecule is O=C1C(=O)N(CCF)c2cccc(Br)c21. The van der Waals surface area contributed by atoms with E-state index >= 15 is 0 Å². The lowest BCUT2D eigenvalue weighted by Crippen LogP contribution is -2.31. The minimum absolute atomic E-state index is 0.0754. The zero-order chi connectivity index (χ0) is 11.0. The molecule has 0 aliphatic carbocycles. The van der Waals surface area contributed by atoms with E-state index in [2.05, 4.69) is 15.9 Å². The fourth-order valence-corrected chi connectivity index (χ4v) is 2.14. The summed E-state index contributed by atoms with van der Waals surface area (Å²) < 4.78 is 12.8. The van der Waals surface area contributed by atoms with E-state index in [1.54, 1.807) is 18.2 Å². The molecule has 0 N–H and O–H groups in total. The number of alkyl halides is 1. The first kappa shape index (κ1) is 10.3. The van der Waals surface area contributed by atoms with E-state index in [1.165, 1.54) is 4.90 Å². The summed E-state index contributed by atoms with van der Waals surface area (Å²) in [6.07, 6.45) is 0. The van der Waals surface area contributed by atoms with Gasteiger partial charge in [-0.25, -0.2) is 4.39 Å². The molecule has 1 aromatic carbocycles. The number of carbonyl (C=O) groups excluding carboxylic acids is 2. The van der Waals surface area contributed by atoms with E-state index in [-0.39, 0.29) is 6.54 Å². The van der Waals surface area contributed by atoms with Crippen molar-refractivity contribution >= 4 is 33.3 Å². The molecule has 1 aromatic rings. The maximum Gasteiger partial charge on any atom is 0.299 e. The molecule has 0 unspecified atom stereocenters. The predicted molar refractivity (Wildman–Crippen MR) is 56.8 cm³/mol. The summed E-state index contributed by atoms with van der Waals surface area (Å²) in [7, 11) is 0. The van der Waals surface area contributed by atoms with Crippen molar-refractivity contribution in [2.24, 2.45) is 0 Å². The van der Waals surface area contributed by atoms with E-state index in [9.17, 15) is 14.0 Å². The molecule has 78 valence electrons. The van der Waals surface area contributed by atoms with Gasteiger partial charge in [0.15, 0.2) is 0 Å². The third-order valence-corrected chi connectivity index (χ3v) is 2.92. The topological polar surface area (TPSA) is 37.4 Å². The molecule has 0 spiro atoms. The van der Waals surface area contributed by atoms with Crippen LogP contribution in [0.5, 0.6) is 0 Å². The van der Waals surface area contributed by atoms with Crippen molar-refractivity contribution in [3.8, 4) is 0 Å². The molecule has 1 amide bonds. The highest BCUT2D eigenvalue weighted by Gasteiger charge is 2.36. The number of amides is 1. The molecule has 0 bridgehead atoms. The molecule has 2 rings (SSSR count). The molecule has 1 aliphatic heterocycles. The summed E-state index contributed by atoms with van der Waals surface area (Å²) in [5.74, 6) is -1.24. The zero-order valence-corrected chi connectivity index (χ0v) is 9.25. The van der Waals surface area contributed by atoms with Gasteiger partial charge < -0.3 is 4.90 Å². The quantitative estimate of drug-likeness (QED) is 0.771. The van der Waals surface area contributed by atoms with Gasteiger partial charge in [-0.3, -0.25) is 9.59 Å². The summed E-state index contributed by atoms with van der Waals surface area (Å²) in [6.45, 7) is -0.737. The molecule has 0 atom stereocenters. The van der Waals surface area contributed by atoms with E-state index in [0.717, 1.165) is 0 Å². The Hall–Kier alpha value is -1.23. The number of anilines is 1. The Morgan fingerprint density at radius 2 is 2.07 bits per heavy atom. The summed E-state index contributed by atoms with van der Waals surface area (Å²) in [5, 5.41) is 0. The number of carbonyl (C=O) groups is 2. The molecule has 0 radical (unpaired) electrons. The van der Waals surface area contributed by atoms with Crippen molar-refractivity contribution in [3.63, 3.8) is 0 Å². The van der Waals surface area contributed by atoms with Gasteiger partial charge in [0.05, 0.1) is 17.8 Å². The van der Waals surface area contributed by atoms with Gasteiger partial charge in [-0.15, -0.1) is 0 Å². The zero-order valence-electron chi connectivity index (χ0n) is 7.67. The third kappa shape index (κ3) is 1.47. The Labute approximate surface area is 94.0 Å². The van der Waals surface area contributed by atoms with Crippen LogP contribution in [0.2, 0.25) is 0 Å². The molecule has 3 nitrogen and oxygen atoms in total. The normalized spacial score (nSPS) is 14.7. The van der Waals surface area contributed by atoms with Crippen molar-refractivity contribution in [1.82, 2.24) is 0 Å². The minimum atomic E-state index is -0.662. The average Bonchev–Trinajstić information content (AvgIpc) is 2.45. The maximum atomic E-state index is 12.2. The lowest BCUT2D eigenvalue weighted by atomic mass is 10.1. The van der Waals surface area contributed by atoms with Crippen LogP contribution in [0.15, 0.2) is 22.7 Å². The second kappa shape index (κ2) is 3.73. The van der Waals surface area contributed by atoms with Crippen LogP contribution in [0.4, 0.5) is 10.1 Å². The standard InChI is InChI=1S/C10H7BrFNO2/c11-6-2-1-3-7-8(6)9(14)10(15)13(7)5-4-12/h1-3H,4-5H2. The lowest BCUT2D eigenvalue weighted by molar-refractivity contribution is -0.114. The van der Waals surface area contributed by atoms with E-state index in [1.807, 2.05) is 0 Å². The fraction of sp³-hybridized carbons (Fsp3) is 0.200. The molecular weight excluding hydrogens is 265 g/mol. The van der Waals surface area contributed by atoms with Crippen molar-refractivity contribution in [1.29, 1.82) is 0 Å². The fourth-order valence-electron chi connectivity index (χ4n) is 1.61. The van der Waals surface area contributed by atoms with Crippen LogP contribution in [0.1, 0.15) is 10.4 Å². The highest BCUT2D eigenvalue weighted by Crippen LogP contribution is 2.33. The predicted octanol–water partition coefficient (Wildman–Crippen LogP) is 1.95. The number of benzene rings is 1. The smallest absolute Gasteiger partial charge is 0.299 e. The van der Waals surface area contributed by atoms with Gasteiger partial charge in [-0.2, -0.15) is 0 Å². The van der Waals surface area contributed by atoms with Gasteiger partial charge in [-0.1, -0.05) is 6.07 Å². The first-order chi connectivity index (χ1) is 7.16. The number of ketones is 1. The summed E-state index contributed by atoms with van der Waals surface area (Å²) in [4.78, 5) is 24.2. The van der Waals surface area contributed by atoms with E-state index in [4.69, 9.17) is 0 Å². The van der Waals surface area contributed by atoms with Crippen molar-refractivity contribution < 1.29 is 14.0 Å². The number of hydrogen-bond acceptors (Lipinski definition) is 2. The molecule has 0 saturated heterocycles. The Morgan fingerprint density at radius 3 is 2.73 bits per heavy atom. The Bertz CT molecular complexity index is 447. The van der Waals surface area contributed by atoms with Crippen LogP contribution < -0.4 is 4.90 Å². The number of fused-ring (bicyclic) bond motifs is 1. The molecule has 1 aliphatic rings. The third-order valence-electron chi connectivity index (χ3n) is 2.26. The number of rotatable bonds is 2. The van der Waals surface area contributed by atoms with Gasteiger partial charge in [0.2, 0.25) is 0 Å². The average molecular weight is 272 g/mol. The summed E-state index contributed by atoms with van der Waals surface area (Å²) in [6, 6.07) is 5.03. The summed E-state index contributed by atoms with van der Waals surface area (Å²) >= 11 is 3.20. The van der Waals surface area contributed by atoms with Gasteiger partial charge in [0, 0.05) is 4.47 Å². The first-order valence-electron chi connectivity index (χ1n) is 4.37. The largest absolute Gasteiger partial charge is 0.302 e. The first-order valence-corrected chi connectivity index (χ1v) is 5.16. The second-order valence-electron chi connectivity index (χ2n) is 3.11. The van der Waals surface area contributed by atoms with Gasteiger partial charge in [0.1, 0.15) is 6.67 Å². The van der Waals surface area contributed by atoms with Crippen LogP contribution in [0, 0.1) is 0 Å². The molecule has 0 aromatic heterocycles. The Balaban J connectivity index is 2.55. The van der Waals surface area contributed by atoms with Crippen LogP contribution in [-0.2, 0) is 4.79 Å². The maximum absolute atomic E-state index is 12.2. The number of halogens is 2. The van der Waals surface area contributed by atoms with Crippen LogP contribution in [0.3, 0.4) is 0 Å².